The maximum atomic E-state index is 13.2. The van der Waals surface area contributed by atoms with Crippen LogP contribution in [0.4, 0.5) is 0 Å². The van der Waals surface area contributed by atoms with Crippen molar-refractivity contribution in [2.45, 2.75) is 65.4 Å². The number of hydrogen-bond acceptors (Lipinski definition) is 4. The van der Waals surface area contributed by atoms with Crippen LogP contribution in [0.5, 0.6) is 5.75 Å². The minimum atomic E-state index is -0.578. The zero-order chi connectivity index (χ0) is 23.9. The molecule has 2 aromatic carbocycles. The van der Waals surface area contributed by atoms with Crippen molar-refractivity contribution in [1.29, 1.82) is 0 Å². The van der Waals surface area contributed by atoms with Crippen molar-refractivity contribution in [1.82, 2.24) is 10.2 Å². The Bertz CT molecular complexity index is 899. The third-order valence-corrected chi connectivity index (χ3v) is 5.94. The van der Waals surface area contributed by atoms with E-state index >= 15 is 0 Å². The third-order valence-electron chi connectivity index (χ3n) is 4.95. The van der Waals surface area contributed by atoms with Gasteiger partial charge >= 0.3 is 0 Å². The van der Waals surface area contributed by atoms with E-state index in [1.807, 2.05) is 45.0 Å². The second kappa shape index (κ2) is 11.4. The molecule has 0 spiro atoms. The number of carbonyl (C=O) groups is 2. The Balaban J connectivity index is 2.11. The number of rotatable bonds is 9. The summed E-state index contributed by atoms with van der Waals surface area (Å²) >= 11 is 1.58. The van der Waals surface area contributed by atoms with Crippen LogP contribution in [0, 0.1) is 13.8 Å². The first kappa shape index (κ1) is 25.8. The number of carbonyl (C=O) groups excluding carboxylic acids is 2. The molecule has 0 saturated carbocycles. The van der Waals surface area contributed by atoms with Gasteiger partial charge in [0.2, 0.25) is 11.8 Å². The summed E-state index contributed by atoms with van der Waals surface area (Å²) in [5.41, 5.74) is 4.24. The van der Waals surface area contributed by atoms with Crippen molar-refractivity contribution in [2.75, 3.05) is 12.9 Å². The van der Waals surface area contributed by atoms with Crippen molar-refractivity contribution in [3.05, 3.63) is 64.7 Å². The smallest absolute Gasteiger partial charge is 0.242 e. The van der Waals surface area contributed by atoms with Gasteiger partial charge in [0.05, 0.1) is 12.9 Å². The SMILES string of the molecule is COc1ccc(CN(C(=O)CSCc2cc(C)cc(C)c2)C(C)C(=O)NC(C)(C)C)cc1. The first-order valence-electron chi connectivity index (χ1n) is 10.9. The van der Waals surface area contributed by atoms with Gasteiger partial charge in [-0.15, -0.1) is 11.8 Å². The van der Waals surface area contributed by atoms with Gasteiger partial charge in [-0.2, -0.15) is 0 Å². The molecule has 0 fully saturated rings. The zero-order valence-corrected chi connectivity index (χ0v) is 21.1. The number of hydrogen-bond donors (Lipinski definition) is 1. The van der Waals surface area contributed by atoms with Crippen molar-refractivity contribution in [3.8, 4) is 5.75 Å². The Morgan fingerprint density at radius 3 is 2.16 bits per heavy atom. The predicted molar refractivity (Wildman–Crippen MR) is 133 cm³/mol. The van der Waals surface area contributed by atoms with Gasteiger partial charge in [-0.25, -0.2) is 0 Å². The van der Waals surface area contributed by atoms with Crippen LogP contribution in [0.2, 0.25) is 0 Å². The molecule has 6 heteroatoms. The van der Waals surface area contributed by atoms with E-state index in [-0.39, 0.29) is 17.4 Å². The highest BCUT2D eigenvalue weighted by Gasteiger charge is 2.28. The van der Waals surface area contributed by atoms with Crippen LogP contribution in [-0.4, -0.2) is 41.2 Å². The van der Waals surface area contributed by atoms with E-state index in [0.717, 1.165) is 17.1 Å². The van der Waals surface area contributed by atoms with E-state index < -0.39 is 6.04 Å². The lowest BCUT2D eigenvalue weighted by atomic mass is 10.1. The summed E-state index contributed by atoms with van der Waals surface area (Å²) in [4.78, 5) is 27.7. The van der Waals surface area contributed by atoms with Gasteiger partial charge in [0.1, 0.15) is 11.8 Å². The Hall–Kier alpha value is -2.47. The average Bonchev–Trinajstić information content (AvgIpc) is 2.70. The van der Waals surface area contributed by atoms with E-state index in [4.69, 9.17) is 4.74 Å². The van der Waals surface area contributed by atoms with Gasteiger partial charge in [0, 0.05) is 17.8 Å². The monoisotopic (exact) mass is 456 g/mol. The fourth-order valence-electron chi connectivity index (χ4n) is 3.48. The number of benzene rings is 2. The van der Waals surface area contributed by atoms with Crippen LogP contribution in [0.15, 0.2) is 42.5 Å². The maximum Gasteiger partial charge on any atom is 0.242 e. The van der Waals surface area contributed by atoms with Crippen LogP contribution in [0.3, 0.4) is 0 Å². The normalized spacial score (nSPS) is 12.2. The van der Waals surface area contributed by atoms with Gasteiger partial charge < -0.3 is 15.0 Å². The quantitative estimate of drug-likeness (QED) is 0.584. The summed E-state index contributed by atoms with van der Waals surface area (Å²) < 4.78 is 5.23. The predicted octanol–water partition coefficient (Wildman–Crippen LogP) is 4.88. The minimum Gasteiger partial charge on any atom is -0.497 e. The molecular formula is C26H36N2O3S. The second-order valence-electron chi connectivity index (χ2n) is 9.27. The third kappa shape index (κ3) is 8.23. The lowest BCUT2D eigenvalue weighted by molar-refractivity contribution is -0.139. The summed E-state index contributed by atoms with van der Waals surface area (Å²) in [6, 6.07) is 13.5. The number of methoxy groups -OCH3 is 1. The number of nitrogens with zero attached hydrogens (tertiary/aromatic N) is 1. The maximum absolute atomic E-state index is 13.2. The molecule has 174 valence electrons. The summed E-state index contributed by atoms with van der Waals surface area (Å²) in [5.74, 6) is 1.63. The number of ether oxygens (including phenoxy) is 1. The molecule has 2 amide bonds. The lowest BCUT2D eigenvalue weighted by Crippen LogP contribution is -2.52. The van der Waals surface area contributed by atoms with Crippen LogP contribution < -0.4 is 10.1 Å². The van der Waals surface area contributed by atoms with E-state index in [1.165, 1.54) is 16.7 Å². The Morgan fingerprint density at radius 2 is 1.62 bits per heavy atom. The number of nitrogens with one attached hydrogen (secondary N) is 1. The largest absolute Gasteiger partial charge is 0.497 e. The van der Waals surface area contributed by atoms with Crippen molar-refractivity contribution >= 4 is 23.6 Å². The number of amides is 2. The highest BCUT2D eigenvalue weighted by molar-refractivity contribution is 7.99. The molecule has 1 unspecified atom stereocenters. The molecule has 2 rings (SSSR count). The van der Waals surface area contributed by atoms with Crippen molar-refractivity contribution in [2.24, 2.45) is 0 Å². The first-order chi connectivity index (χ1) is 15.0. The standard InChI is InChI=1S/C26H36N2O3S/c1-18-12-19(2)14-22(13-18)16-32-17-24(29)28(20(3)25(30)27-26(4,5)6)15-21-8-10-23(31-7)11-9-21/h8-14,20H,15-17H2,1-7H3,(H,27,30). The molecule has 0 aliphatic heterocycles. The highest BCUT2D eigenvalue weighted by atomic mass is 32.2. The molecule has 0 aromatic heterocycles. The fourth-order valence-corrected chi connectivity index (χ4v) is 4.32. The summed E-state index contributed by atoms with van der Waals surface area (Å²) in [7, 11) is 1.62. The lowest BCUT2D eigenvalue weighted by Gasteiger charge is -2.31. The van der Waals surface area contributed by atoms with Crippen LogP contribution in [0.1, 0.15) is 49.9 Å². The Kier molecular flexibility index (Phi) is 9.20. The molecule has 0 bridgehead atoms. The van der Waals surface area contributed by atoms with Gasteiger partial charge in [-0.3, -0.25) is 9.59 Å². The van der Waals surface area contributed by atoms with Crippen LogP contribution in [-0.2, 0) is 21.9 Å². The second-order valence-corrected chi connectivity index (χ2v) is 10.3. The summed E-state index contributed by atoms with van der Waals surface area (Å²) in [5, 5.41) is 2.99. The molecule has 1 atom stereocenters. The molecule has 0 heterocycles. The van der Waals surface area contributed by atoms with E-state index in [1.54, 1.807) is 30.7 Å². The molecule has 0 aliphatic rings. The van der Waals surface area contributed by atoms with E-state index in [0.29, 0.717) is 12.3 Å². The van der Waals surface area contributed by atoms with Gasteiger partial charge in [0.25, 0.3) is 0 Å². The Labute approximate surface area is 196 Å². The van der Waals surface area contributed by atoms with E-state index in [9.17, 15) is 9.59 Å². The summed E-state index contributed by atoms with van der Waals surface area (Å²) in [6.45, 7) is 12.1. The number of aryl methyl sites for hydroxylation is 2. The Morgan fingerprint density at radius 1 is 1.03 bits per heavy atom. The van der Waals surface area contributed by atoms with Gasteiger partial charge in [0.15, 0.2) is 0 Å². The van der Waals surface area contributed by atoms with Gasteiger partial charge in [-0.1, -0.05) is 41.5 Å². The van der Waals surface area contributed by atoms with Crippen molar-refractivity contribution < 1.29 is 14.3 Å². The molecule has 1 N–H and O–H groups in total. The van der Waals surface area contributed by atoms with E-state index in [2.05, 4.69) is 37.4 Å². The van der Waals surface area contributed by atoms with Crippen LogP contribution >= 0.6 is 11.8 Å². The molecular weight excluding hydrogens is 420 g/mol. The molecule has 0 radical (unpaired) electrons. The summed E-state index contributed by atoms with van der Waals surface area (Å²) in [6.07, 6.45) is 0. The van der Waals surface area contributed by atoms with Crippen molar-refractivity contribution in [3.63, 3.8) is 0 Å². The first-order valence-corrected chi connectivity index (χ1v) is 12.0. The fraction of sp³-hybridized carbons (Fsp3) is 0.462. The average molecular weight is 457 g/mol. The highest BCUT2D eigenvalue weighted by Crippen LogP contribution is 2.19. The molecule has 0 saturated heterocycles. The molecule has 32 heavy (non-hydrogen) atoms. The number of thioether (sulfide) groups is 1. The molecule has 5 nitrogen and oxygen atoms in total. The topological polar surface area (TPSA) is 58.6 Å². The van der Waals surface area contributed by atoms with Crippen LogP contribution in [0.25, 0.3) is 0 Å². The minimum absolute atomic E-state index is 0.0493. The molecule has 2 aromatic rings. The zero-order valence-electron chi connectivity index (χ0n) is 20.3. The molecule has 0 aliphatic carbocycles. The van der Waals surface area contributed by atoms with Gasteiger partial charge in [-0.05, 0) is 64.8 Å².